The smallest absolute Gasteiger partial charge is 0.335 e. The molecule has 1 aromatic carbocycles. The number of carboxylic acids is 1. The van der Waals surface area contributed by atoms with Crippen molar-refractivity contribution in [3.63, 3.8) is 0 Å². The number of thioether (sulfide) groups is 1. The molecule has 0 spiro atoms. The maximum Gasteiger partial charge on any atom is 0.335 e. The fourth-order valence-electron chi connectivity index (χ4n) is 2.02. The zero-order valence-corrected chi connectivity index (χ0v) is 13.0. The number of carbonyl (C=O) groups excluding carboxylic acids is 1. The summed E-state index contributed by atoms with van der Waals surface area (Å²) >= 11 is 13.6. The Hall–Kier alpha value is -0.910. The van der Waals surface area contributed by atoms with E-state index in [-0.39, 0.29) is 27.2 Å². The maximum absolute atomic E-state index is 12.3. The molecule has 108 valence electrons. The fourth-order valence-corrected chi connectivity index (χ4v) is 3.81. The van der Waals surface area contributed by atoms with Crippen molar-refractivity contribution in [3.05, 3.63) is 27.7 Å². The van der Waals surface area contributed by atoms with Gasteiger partial charge in [0.25, 0.3) is 0 Å². The van der Waals surface area contributed by atoms with Crippen LogP contribution in [0.4, 0.5) is 5.69 Å². The zero-order chi connectivity index (χ0) is 14.9. The first kappa shape index (κ1) is 15.5. The van der Waals surface area contributed by atoms with Gasteiger partial charge in [-0.05, 0) is 37.7 Å². The quantitative estimate of drug-likeness (QED) is 0.879. The number of rotatable bonds is 3. The van der Waals surface area contributed by atoms with E-state index >= 15 is 0 Å². The molecule has 1 atom stereocenters. The lowest BCUT2D eigenvalue weighted by Gasteiger charge is -2.22. The van der Waals surface area contributed by atoms with Crippen LogP contribution in [0, 0.1) is 0 Å². The topological polar surface area (TPSA) is 66.4 Å². The normalized spacial score (nSPS) is 21.8. The highest BCUT2D eigenvalue weighted by molar-refractivity contribution is 8.01. The van der Waals surface area contributed by atoms with E-state index in [1.54, 1.807) is 11.8 Å². The lowest BCUT2D eigenvalue weighted by atomic mass is 10.0. The molecule has 2 rings (SSSR count). The second kappa shape index (κ2) is 5.84. The van der Waals surface area contributed by atoms with Crippen LogP contribution in [0.1, 0.15) is 30.1 Å². The summed E-state index contributed by atoms with van der Waals surface area (Å²) in [6.45, 7) is 1.88. The monoisotopic (exact) mass is 333 g/mol. The van der Waals surface area contributed by atoms with E-state index < -0.39 is 10.7 Å². The number of halogens is 2. The van der Waals surface area contributed by atoms with Gasteiger partial charge in [-0.15, -0.1) is 11.8 Å². The molecular weight excluding hydrogens is 321 g/mol. The molecule has 0 radical (unpaired) electrons. The molecule has 7 heteroatoms. The van der Waals surface area contributed by atoms with Crippen molar-refractivity contribution >= 4 is 52.5 Å². The van der Waals surface area contributed by atoms with Gasteiger partial charge in [0.15, 0.2) is 0 Å². The Labute approximate surface area is 130 Å². The SMILES string of the molecule is CC1(C(=O)Nc2c(Cl)cc(C(=O)O)cc2Cl)CCCS1. The van der Waals surface area contributed by atoms with Crippen LogP contribution < -0.4 is 5.32 Å². The van der Waals surface area contributed by atoms with Gasteiger partial charge in [0.1, 0.15) is 0 Å². The molecule has 4 nitrogen and oxygen atoms in total. The van der Waals surface area contributed by atoms with Crippen LogP contribution in [-0.2, 0) is 4.79 Å². The van der Waals surface area contributed by atoms with E-state index in [0.717, 1.165) is 18.6 Å². The van der Waals surface area contributed by atoms with Crippen LogP contribution >= 0.6 is 35.0 Å². The van der Waals surface area contributed by atoms with Crippen LogP contribution in [0.3, 0.4) is 0 Å². The fraction of sp³-hybridized carbons (Fsp3) is 0.385. The van der Waals surface area contributed by atoms with Crippen LogP contribution in [0.15, 0.2) is 12.1 Å². The van der Waals surface area contributed by atoms with Crippen molar-refractivity contribution in [1.29, 1.82) is 0 Å². The van der Waals surface area contributed by atoms with E-state index in [0.29, 0.717) is 0 Å². The van der Waals surface area contributed by atoms with Gasteiger partial charge >= 0.3 is 5.97 Å². The second-order valence-electron chi connectivity index (χ2n) is 4.76. The molecule has 1 amide bonds. The lowest BCUT2D eigenvalue weighted by molar-refractivity contribution is -0.118. The lowest BCUT2D eigenvalue weighted by Crippen LogP contribution is -2.34. The highest BCUT2D eigenvalue weighted by atomic mass is 35.5. The average molecular weight is 334 g/mol. The van der Waals surface area contributed by atoms with E-state index in [4.69, 9.17) is 28.3 Å². The number of carboxylic acid groups (broad SMARTS) is 1. The van der Waals surface area contributed by atoms with E-state index in [2.05, 4.69) is 5.32 Å². The molecule has 0 aliphatic carbocycles. The summed E-state index contributed by atoms with van der Waals surface area (Å²) in [4.78, 5) is 23.2. The minimum atomic E-state index is -1.12. The minimum Gasteiger partial charge on any atom is -0.478 e. The zero-order valence-electron chi connectivity index (χ0n) is 10.7. The largest absolute Gasteiger partial charge is 0.478 e. The summed E-state index contributed by atoms with van der Waals surface area (Å²) < 4.78 is -0.488. The molecule has 1 fully saturated rings. The first-order valence-corrected chi connectivity index (χ1v) is 7.75. The van der Waals surface area contributed by atoms with Gasteiger partial charge in [-0.1, -0.05) is 23.2 Å². The molecule has 1 heterocycles. The maximum atomic E-state index is 12.3. The number of nitrogens with one attached hydrogen (secondary N) is 1. The van der Waals surface area contributed by atoms with E-state index in [1.807, 2.05) is 6.92 Å². The van der Waals surface area contributed by atoms with Gasteiger partial charge in [0, 0.05) is 0 Å². The summed E-state index contributed by atoms with van der Waals surface area (Å²) in [5, 5.41) is 11.9. The second-order valence-corrected chi connectivity index (χ2v) is 7.17. The third-order valence-electron chi connectivity index (χ3n) is 3.23. The predicted octanol–water partition coefficient (Wildman–Crippen LogP) is 3.92. The molecule has 20 heavy (non-hydrogen) atoms. The molecule has 1 unspecified atom stereocenters. The highest BCUT2D eigenvalue weighted by Gasteiger charge is 2.37. The van der Waals surface area contributed by atoms with Crippen molar-refractivity contribution < 1.29 is 14.7 Å². The van der Waals surface area contributed by atoms with Gasteiger partial charge in [-0.25, -0.2) is 4.79 Å². The van der Waals surface area contributed by atoms with Crippen LogP contribution in [0.5, 0.6) is 0 Å². The first-order chi connectivity index (χ1) is 9.33. The Balaban J connectivity index is 2.26. The number of aromatic carboxylic acids is 1. The summed E-state index contributed by atoms with van der Waals surface area (Å²) in [7, 11) is 0. The van der Waals surface area contributed by atoms with E-state index in [9.17, 15) is 9.59 Å². The number of carbonyl (C=O) groups is 2. The third kappa shape index (κ3) is 3.05. The molecule has 1 aliphatic heterocycles. The summed E-state index contributed by atoms with van der Waals surface area (Å²) in [6.07, 6.45) is 1.79. The molecule has 0 bridgehead atoms. The summed E-state index contributed by atoms with van der Waals surface area (Å²) in [6, 6.07) is 2.55. The molecule has 0 saturated carbocycles. The molecule has 1 saturated heterocycles. The van der Waals surface area contributed by atoms with Crippen LogP contribution in [0.25, 0.3) is 0 Å². The number of anilines is 1. The van der Waals surface area contributed by atoms with Gasteiger partial charge in [-0.2, -0.15) is 0 Å². The molecule has 2 N–H and O–H groups in total. The predicted molar refractivity (Wildman–Crippen MR) is 82.1 cm³/mol. The van der Waals surface area contributed by atoms with Crippen molar-refractivity contribution in [2.24, 2.45) is 0 Å². The first-order valence-electron chi connectivity index (χ1n) is 6.01. The average Bonchev–Trinajstić information content (AvgIpc) is 2.81. The Morgan fingerprint density at radius 3 is 2.40 bits per heavy atom. The summed E-state index contributed by atoms with van der Waals surface area (Å²) in [5.74, 6) is -0.333. The van der Waals surface area contributed by atoms with E-state index in [1.165, 1.54) is 12.1 Å². The number of hydrogen-bond acceptors (Lipinski definition) is 3. The molecule has 1 aliphatic rings. The van der Waals surface area contributed by atoms with Crippen LogP contribution in [-0.4, -0.2) is 27.5 Å². The summed E-state index contributed by atoms with van der Waals surface area (Å²) in [5.41, 5.74) is 0.247. The Morgan fingerprint density at radius 2 is 1.95 bits per heavy atom. The van der Waals surface area contributed by atoms with Gasteiger partial charge in [-0.3, -0.25) is 4.79 Å². The molecule has 1 aromatic rings. The minimum absolute atomic E-state index is 0.0144. The number of hydrogen-bond donors (Lipinski definition) is 2. The molecule has 0 aromatic heterocycles. The Bertz CT molecular complexity index is 548. The number of benzene rings is 1. The van der Waals surface area contributed by atoms with Gasteiger partial charge in [0.2, 0.25) is 5.91 Å². The van der Waals surface area contributed by atoms with Gasteiger partial charge in [0.05, 0.1) is 26.0 Å². The standard InChI is InChI=1S/C13H13Cl2NO3S/c1-13(3-2-4-20-13)12(19)16-10-8(14)5-7(11(17)18)6-9(10)15/h5-6H,2-4H2,1H3,(H,16,19)(H,17,18). The highest BCUT2D eigenvalue weighted by Crippen LogP contribution is 2.40. The van der Waals surface area contributed by atoms with Crippen molar-refractivity contribution in [2.75, 3.05) is 11.1 Å². The van der Waals surface area contributed by atoms with Crippen molar-refractivity contribution in [1.82, 2.24) is 0 Å². The van der Waals surface area contributed by atoms with Crippen LogP contribution in [0.2, 0.25) is 10.0 Å². The van der Waals surface area contributed by atoms with Crippen molar-refractivity contribution in [3.8, 4) is 0 Å². The number of amides is 1. The Kier molecular flexibility index (Phi) is 4.52. The third-order valence-corrected chi connectivity index (χ3v) is 5.34. The van der Waals surface area contributed by atoms with Gasteiger partial charge < -0.3 is 10.4 Å². The Morgan fingerprint density at radius 1 is 1.35 bits per heavy atom. The molecular formula is C13H13Cl2NO3S. The van der Waals surface area contributed by atoms with Crippen molar-refractivity contribution in [2.45, 2.75) is 24.5 Å².